The van der Waals surface area contributed by atoms with Crippen molar-refractivity contribution in [1.29, 1.82) is 0 Å². The van der Waals surface area contributed by atoms with Gasteiger partial charge < -0.3 is 4.52 Å². The van der Waals surface area contributed by atoms with Gasteiger partial charge in [-0.05, 0) is 43.1 Å². The van der Waals surface area contributed by atoms with E-state index >= 15 is 0 Å². The summed E-state index contributed by atoms with van der Waals surface area (Å²) in [5.74, 6) is 0.588. The lowest BCUT2D eigenvalue weighted by Crippen LogP contribution is -1.86. The van der Waals surface area contributed by atoms with Gasteiger partial charge in [-0.1, -0.05) is 0 Å². The lowest BCUT2D eigenvalue weighted by Gasteiger charge is -2.03. The molecule has 0 bridgehead atoms. The molecule has 4 nitrogen and oxygen atoms in total. The molecule has 0 saturated carbocycles. The van der Waals surface area contributed by atoms with Crippen LogP contribution in [0.4, 0.5) is 5.69 Å². The van der Waals surface area contributed by atoms with Crippen LogP contribution in [0, 0.1) is 10.1 Å². The zero-order valence-electron chi connectivity index (χ0n) is 6.18. The van der Waals surface area contributed by atoms with Crippen LogP contribution in [-0.2, 0) is 0 Å². The Morgan fingerprint density at radius 1 is 1.31 bits per heavy atom. The van der Waals surface area contributed by atoms with Gasteiger partial charge in [-0.25, -0.2) is 0 Å². The van der Waals surface area contributed by atoms with E-state index < -0.39 is 10.5 Å². The van der Waals surface area contributed by atoms with Crippen molar-refractivity contribution < 1.29 is 9.45 Å². The fourth-order valence-corrected chi connectivity index (χ4v) is 1.99. The van der Waals surface area contributed by atoms with Crippen LogP contribution in [0.3, 0.4) is 0 Å². The Morgan fingerprint density at radius 3 is 2.23 bits per heavy atom. The molecule has 70 valence electrons. The van der Waals surface area contributed by atoms with E-state index in [1.807, 2.05) is 0 Å². The second kappa shape index (κ2) is 4.88. The minimum atomic E-state index is -0.847. The first-order chi connectivity index (χ1) is 6.09. The molecule has 13 heavy (non-hydrogen) atoms. The second-order valence-corrected chi connectivity index (χ2v) is 9.35. The summed E-state index contributed by atoms with van der Waals surface area (Å²) in [6, 6.07) is 5.90. The van der Waals surface area contributed by atoms with Crippen LogP contribution >= 0.6 is 36.5 Å². The molecule has 0 aromatic heterocycles. The Hall–Kier alpha value is -0.190. The Balaban J connectivity index is 2.75. The van der Waals surface area contributed by atoms with Crippen molar-refractivity contribution in [3.8, 4) is 5.75 Å². The maximum absolute atomic E-state index is 10.3. The first-order valence-corrected chi connectivity index (χ1v) is 8.43. The zero-order chi connectivity index (χ0) is 9.84. The monoisotopic (exact) mass is 327 g/mol. The second-order valence-electron chi connectivity index (χ2n) is 2.04. The molecule has 0 saturated heterocycles. The minimum Gasteiger partial charge on any atom is -0.452 e. The van der Waals surface area contributed by atoms with Crippen LogP contribution in [0.2, 0.25) is 0 Å². The van der Waals surface area contributed by atoms with Crippen LogP contribution in [0.15, 0.2) is 24.3 Å². The number of hydrogen-bond donors (Lipinski definition) is 0. The van der Waals surface area contributed by atoms with Crippen LogP contribution in [0.5, 0.6) is 5.75 Å². The Morgan fingerprint density at radius 2 is 1.85 bits per heavy atom. The third-order valence-electron chi connectivity index (χ3n) is 1.22. The maximum atomic E-state index is 10.3. The van der Waals surface area contributed by atoms with Gasteiger partial charge in [0.05, 0.1) is 4.92 Å². The minimum absolute atomic E-state index is 0.0563. The maximum Gasteiger partial charge on any atom is 0.269 e. The number of nitro groups is 1. The molecule has 0 radical (unpaired) electrons. The third kappa shape index (κ3) is 3.58. The molecule has 0 N–H and O–H groups in total. The molecule has 0 aliphatic carbocycles. The Labute approximate surface area is 91.7 Å². The summed E-state index contributed by atoms with van der Waals surface area (Å²) in [5, 5.41) is 10.3. The average Bonchev–Trinajstić information content (AvgIpc) is 2.04. The normalized spacial score (nSPS) is 10.1. The molecule has 0 spiro atoms. The van der Waals surface area contributed by atoms with Crippen molar-refractivity contribution in [2.24, 2.45) is 0 Å². The fraction of sp³-hybridized carbons (Fsp3) is 0. The summed E-state index contributed by atoms with van der Waals surface area (Å²) in [7, 11) is 0. The van der Waals surface area contributed by atoms with Gasteiger partial charge in [-0.3, -0.25) is 10.1 Å². The highest BCUT2D eigenvalue weighted by Gasteiger charge is 2.06. The van der Waals surface area contributed by atoms with E-state index in [0.717, 1.165) is 0 Å². The summed E-state index contributed by atoms with van der Waals surface area (Å²) < 4.78 is 5.22. The molecule has 1 rings (SSSR count). The van der Waals surface area contributed by atoms with E-state index in [2.05, 4.69) is 31.0 Å². The summed E-state index contributed by atoms with van der Waals surface area (Å²) in [6.45, 7) is 0. The highest BCUT2D eigenvalue weighted by molar-refractivity contribution is 9.68. The molecule has 0 amide bonds. The highest BCUT2D eigenvalue weighted by Crippen LogP contribution is 2.52. The van der Waals surface area contributed by atoms with E-state index in [4.69, 9.17) is 4.52 Å². The smallest absolute Gasteiger partial charge is 0.269 e. The van der Waals surface area contributed by atoms with Gasteiger partial charge in [0, 0.05) is 12.1 Å². The standard InChI is InChI=1S/C6H4Br2NO3P/c7-13(8)12-6-3-1-5(2-4-6)9(10)11/h1-4H. The lowest BCUT2D eigenvalue weighted by atomic mass is 10.3. The molecule has 0 aliphatic heterocycles. The predicted molar refractivity (Wildman–Crippen MR) is 58.5 cm³/mol. The highest BCUT2D eigenvalue weighted by atomic mass is 79.9. The number of nitro benzene ring substituents is 1. The van der Waals surface area contributed by atoms with E-state index in [1.54, 1.807) is 12.1 Å². The van der Waals surface area contributed by atoms with Crippen molar-refractivity contribution in [3.63, 3.8) is 0 Å². The van der Waals surface area contributed by atoms with Gasteiger partial charge in [0.2, 0.25) is 5.55 Å². The van der Waals surface area contributed by atoms with Gasteiger partial charge in [0.15, 0.2) is 0 Å². The number of benzene rings is 1. The zero-order valence-corrected chi connectivity index (χ0v) is 10.3. The first kappa shape index (κ1) is 10.9. The van der Waals surface area contributed by atoms with Crippen LogP contribution in [0.25, 0.3) is 0 Å². The van der Waals surface area contributed by atoms with Gasteiger partial charge >= 0.3 is 0 Å². The van der Waals surface area contributed by atoms with Gasteiger partial charge in [0.25, 0.3) is 5.69 Å². The number of non-ortho nitro benzene ring substituents is 1. The molecular formula is C6H4Br2NO3P. The Kier molecular flexibility index (Phi) is 4.09. The van der Waals surface area contributed by atoms with Crippen LogP contribution < -0.4 is 4.52 Å². The third-order valence-corrected chi connectivity index (χ3v) is 2.44. The molecule has 7 heteroatoms. The molecule has 0 fully saturated rings. The van der Waals surface area contributed by atoms with Crippen molar-refractivity contribution in [2.45, 2.75) is 0 Å². The first-order valence-electron chi connectivity index (χ1n) is 3.13. The van der Waals surface area contributed by atoms with E-state index in [9.17, 15) is 10.1 Å². The molecule has 0 heterocycles. The number of halogens is 2. The van der Waals surface area contributed by atoms with Crippen molar-refractivity contribution in [3.05, 3.63) is 34.4 Å². The van der Waals surface area contributed by atoms with Crippen molar-refractivity contribution >= 4 is 42.2 Å². The van der Waals surface area contributed by atoms with Crippen LogP contribution in [0.1, 0.15) is 0 Å². The fourth-order valence-electron chi connectivity index (χ4n) is 0.708. The summed E-state index contributed by atoms with van der Waals surface area (Å²) >= 11 is 6.37. The van der Waals surface area contributed by atoms with E-state index in [-0.39, 0.29) is 5.69 Å². The lowest BCUT2D eigenvalue weighted by molar-refractivity contribution is -0.384. The summed E-state index contributed by atoms with van der Waals surface area (Å²) in [5.41, 5.74) is -0.790. The largest absolute Gasteiger partial charge is 0.452 e. The number of rotatable bonds is 3. The Bertz CT molecular complexity index is 303. The summed E-state index contributed by atoms with van der Waals surface area (Å²) in [6.07, 6.45) is 0. The molecule has 1 aromatic carbocycles. The van der Waals surface area contributed by atoms with Gasteiger partial charge in [-0.15, -0.1) is 0 Å². The van der Waals surface area contributed by atoms with E-state index in [1.165, 1.54) is 12.1 Å². The SMILES string of the molecule is O=[N+]([O-])c1ccc(OP(Br)Br)cc1. The number of nitrogens with zero attached hydrogens (tertiary/aromatic N) is 1. The molecular weight excluding hydrogens is 325 g/mol. The van der Waals surface area contributed by atoms with Crippen LogP contribution in [-0.4, -0.2) is 4.92 Å². The van der Waals surface area contributed by atoms with Crippen molar-refractivity contribution in [2.75, 3.05) is 0 Å². The van der Waals surface area contributed by atoms with Gasteiger partial charge in [0.1, 0.15) is 5.75 Å². The quantitative estimate of drug-likeness (QED) is 0.479. The average molecular weight is 329 g/mol. The number of hydrogen-bond acceptors (Lipinski definition) is 3. The van der Waals surface area contributed by atoms with Crippen molar-refractivity contribution in [1.82, 2.24) is 0 Å². The molecule has 1 aromatic rings. The molecule has 0 atom stereocenters. The molecule has 0 unspecified atom stereocenters. The molecule has 0 aliphatic rings. The van der Waals surface area contributed by atoms with Gasteiger partial charge in [-0.2, -0.15) is 0 Å². The predicted octanol–water partition coefficient (Wildman–Crippen LogP) is 3.99. The van der Waals surface area contributed by atoms with E-state index in [0.29, 0.717) is 5.75 Å². The topological polar surface area (TPSA) is 52.4 Å². The summed E-state index contributed by atoms with van der Waals surface area (Å²) in [4.78, 5) is 9.84.